The standard InChI is InChI=1S/C20H20BrN3O2S/c1-2-10-24-19(26)16-11-15(21)8-9-17(16)23-20(24)27-13-18(25)22-12-14-6-4-3-5-7-14/h3-9,11H,2,10,12-13H2,1H3,(H,22,25). The van der Waals surface area contributed by atoms with E-state index in [4.69, 9.17) is 0 Å². The van der Waals surface area contributed by atoms with Crippen LogP contribution >= 0.6 is 27.7 Å². The lowest BCUT2D eigenvalue weighted by molar-refractivity contribution is -0.118. The van der Waals surface area contributed by atoms with Crippen molar-refractivity contribution in [1.82, 2.24) is 14.9 Å². The fourth-order valence-corrected chi connectivity index (χ4v) is 3.90. The number of halogens is 1. The summed E-state index contributed by atoms with van der Waals surface area (Å²) in [6, 6.07) is 15.2. The molecule has 5 nitrogen and oxygen atoms in total. The number of hydrogen-bond acceptors (Lipinski definition) is 4. The lowest BCUT2D eigenvalue weighted by Gasteiger charge is -2.12. The van der Waals surface area contributed by atoms with Crippen molar-refractivity contribution < 1.29 is 4.79 Å². The van der Waals surface area contributed by atoms with Gasteiger partial charge in [-0.05, 0) is 30.2 Å². The third-order valence-corrected chi connectivity index (χ3v) is 5.46. The summed E-state index contributed by atoms with van der Waals surface area (Å²) in [7, 11) is 0. The Hall–Kier alpha value is -2.12. The zero-order valence-electron chi connectivity index (χ0n) is 14.9. The highest BCUT2D eigenvalue weighted by Gasteiger charge is 2.13. The van der Waals surface area contributed by atoms with Crippen molar-refractivity contribution in [2.24, 2.45) is 0 Å². The molecule has 0 aliphatic carbocycles. The van der Waals surface area contributed by atoms with Gasteiger partial charge in [-0.1, -0.05) is 64.9 Å². The van der Waals surface area contributed by atoms with Crippen LogP contribution in [0.2, 0.25) is 0 Å². The van der Waals surface area contributed by atoms with E-state index in [-0.39, 0.29) is 17.2 Å². The number of fused-ring (bicyclic) bond motifs is 1. The minimum Gasteiger partial charge on any atom is -0.351 e. The van der Waals surface area contributed by atoms with E-state index >= 15 is 0 Å². The highest BCUT2D eigenvalue weighted by molar-refractivity contribution is 9.10. The first-order valence-corrected chi connectivity index (χ1v) is 10.5. The van der Waals surface area contributed by atoms with Gasteiger partial charge >= 0.3 is 0 Å². The van der Waals surface area contributed by atoms with Crippen molar-refractivity contribution in [3.63, 3.8) is 0 Å². The predicted octanol–water partition coefficient (Wildman–Crippen LogP) is 3.98. The maximum atomic E-state index is 12.8. The molecule has 0 bridgehead atoms. The maximum absolute atomic E-state index is 12.8. The SMILES string of the molecule is CCCn1c(SCC(=O)NCc2ccccc2)nc2ccc(Br)cc2c1=O. The molecule has 1 heterocycles. The molecule has 0 unspecified atom stereocenters. The molecule has 0 radical (unpaired) electrons. The summed E-state index contributed by atoms with van der Waals surface area (Å²) < 4.78 is 2.50. The summed E-state index contributed by atoms with van der Waals surface area (Å²) >= 11 is 4.69. The number of nitrogens with one attached hydrogen (secondary N) is 1. The number of aromatic nitrogens is 2. The van der Waals surface area contributed by atoms with Crippen molar-refractivity contribution in [3.8, 4) is 0 Å². The van der Waals surface area contributed by atoms with E-state index in [2.05, 4.69) is 26.2 Å². The molecule has 0 atom stereocenters. The van der Waals surface area contributed by atoms with Gasteiger partial charge in [0.2, 0.25) is 5.91 Å². The summed E-state index contributed by atoms with van der Waals surface area (Å²) in [4.78, 5) is 29.6. The maximum Gasteiger partial charge on any atom is 0.262 e. The first-order chi connectivity index (χ1) is 13.1. The Morgan fingerprint density at radius 1 is 1.22 bits per heavy atom. The molecule has 2 aromatic carbocycles. The van der Waals surface area contributed by atoms with Crippen LogP contribution in [0.1, 0.15) is 18.9 Å². The Bertz CT molecular complexity index is 1010. The van der Waals surface area contributed by atoms with Crippen molar-refractivity contribution in [2.75, 3.05) is 5.75 Å². The van der Waals surface area contributed by atoms with Gasteiger partial charge in [0.25, 0.3) is 5.56 Å². The van der Waals surface area contributed by atoms with Crippen molar-refractivity contribution in [1.29, 1.82) is 0 Å². The third-order valence-electron chi connectivity index (χ3n) is 3.99. The number of hydrogen-bond donors (Lipinski definition) is 1. The first-order valence-electron chi connectivity index (χ1n) is 8.72. The predicted molar refractivity (Wildman–Crippen MR) is 113 cm³/mol. The molecule has 3 rings (SSSR count). The summed E-state index contributed by atoms with van der Waals surface area (Å²) in [6.07, 6.45) is 0.814. The van der Waals surface area contributed by atoms with Crippen LogP contribution in [0, 0.1) is 0 Å². The van der Waals surface area contributed by atoms with E-state index in [0.29, 0.717) is 29.1 Å². The number of rotatable bonds is 7. The second-order valence-electron chi connectivity index (χ2n) is 6.06. The quantitative estimate of drug-likeness (QED) is 0.441. The molecule has 140 valence electrons. The van der Waals surface area contributed by atoms with Gasteiger partial charge in [-0.2, -0.15) is 0 Å². The van der Waals surface area contributed by atoms with Crippen LogP contribution in [-0.4, -0.2) is 21.2 Å². The molecule has 27 heavy (non-hydrogen) atoms. The Kier molecular flexibility index (Phi) is 6.68. The van der Waals surface area contributed by atoms with Crippen LogP contribution in [0.4, 0.5) is 0 Å². The molecule has 0 spiro atoms. The largest absolute Gasteiger partial charge is 0.351 e. The average Bonchev–Trinajstić information content (AvgIpc) is 2.68. The minimum absolute atomic E-state index is 0.0738. The van der Waals surface area contributed by atoms with Gasteiger partial charge in [-0.25, -0.2) is 4.98 Å². The second-order valence-corrected chi connectivity index (χ2v) is 7.92. The van der Waals surface area contributed by atoms with E-state index in [9.17, 15) is 9.59 Å². The van der Waals surface area contributed by atoms with Crippen LogP contribution in [0.3, 0.4) is 0 Å². The molecule has 0 fully saturated rings. The van der Waals surface area contributed by atoms with E-state index in [1.165, 1.54) is 11.8 Å². The smallest absolute Gasteiger partial charge is 0.262 e. The Morgan fingerprint density at radius 3 is 2.74 bits per heavy atom. The van der Waals surface area contributed by atoms with Gasteiger partial charge in [0.1, 0.15) is 0 Å². The summed E-state index contributed by atoms with van der Waals surface area (Å²) in [5.74, 6) is 0.127. The van der Waals surface area contributed by atoms with E-state index in [1.54, 1.807) is 10.6 Å². The zero-order chi connectivity index (χ0) is 19.2. The van der Waals surface area contributed by atoms with Crippen LogP contribution in [0.25, 0.3) is 10.9 Å². The topological polar surface area (TPSA) is 64.0 Å². The van der Waals surface area contributed by atoms with Gasteiger partial charge in [0.15, 0.2) is 5.16 Å². The van der Waals surface area contributed by atoms with Crippen LogP contribution in [-0.2, 0) is 17.9 Å². The molecule has 0 aliphatic heterocycles. The van der Waals surface area contributed by atoms with Gasteiger partial charge in [0, 0.05) is 17.6 Å². The normalized spacial score (nSPS) is 10.9. The summed E-state index contributed by atoms with van der Waals surface area (Å²) in [6.45, 7) is 3.07. The number of thioether (sulfide) groups is 1. The highest BCUT2D eigenvalue weighted by Crippen LogP contribution is 2.20. The lowest BCUT2D eigenvalue weighted by Crippen LogP contribution is -2.26. The number of benzene rings is 2. The Labute approximate surface area is 170 Å². The van der Waals surface area contributed by atoms with Gasteiger partial charge in [-0.3, -0.25) is 14.2 Å². The molecule has 1 N–H and O–H groups in total. The molecule has 0 aliphatic rings. The minimum atomic E-state index is -0.0861. The number of carbonyl (C=O) groups excluding carboxylic acids is 1. The third kappa shape index (κ3) is 4.99. The fraction of sp³-hybridized carbons (Fsp3) is 0.250. The van der Waals surface area contributed by atoms with E-state index in [1.807, 2.05) is 49.4 Å². The average molecular weight is 446 g/mol. The molecule has 3 aromatic rings. The first kappa shape index (κ1) is 19.6. The number of amides is 1. The second kappa shape index (κ2) is 9.19. The summed E-state index contributed by atoms with van der Waals surface area (Å²) in [5, 5.41) is 4.05. The van der Waals surface area contributed by atoms with Crippen molar-refractivity contribution in [3.05, 3.63) is 68.9 Å². The molecule has 1 amide bonds. The fourth-order valence-electron chi connectivity index (χ4n) is 2.68. The molecule has 1 aromatic heterocycles. The Morgan fingerprint density at radius 2 is 2.00 bits per heavy atom. The monoisotopic (exact) mass is 445 g/mol. The molecular weight excluding hydrogens is 426 g/mol. The zero-order valence-corrected chi connectivity index (χ0v) is 17.3. The van der Waals surface area contributed by atoms with Crippen LogP contribution < -0.4 is 10.9 Å². The van der Waals surface area contributed by atoms with E-state index in [0.717, 1.165) is 16.5 Å². The summed E-state index contributed by atoms with van der Waals surface area (Å²) in [5.41, 5.74) is 1.62. The molecular formula is C20H20BrN3O2S. The lowest BCUT2D eigenvalue weighted by atomic mass is 10.2. The van der Waals surface area contributed by atoms with E-state index < -0.39 is 0 Å². The molecule has 0 saturated heterocycles. The van der Waals surface area contributed by atoms with Gasteiger partial charge < -0.3 is 5.32 Å². The molecule has 7 heteroatoms. The van der Waals surface area contributed by atoms with Gasteiger partial charge in [-0.15, -0.1) is 0 Å². The van der Waals surface area contributed by atoms with Crippen LogP contribution in [0.15, 0.2) is 63.0 Å². The number of carbonyl (C=O) groups is 1. The highest BCUT2D eigenvalue weighted by atomic mass is 79.9. The van der Waals surface area contributed by atoms with Crippen molar-refractivity contribution >= 4 is 44.5 Å². The van der Waals surface area contributed by atoms with Crippen molar-refractivity contribution in [2.45, 2.75) is 31.6 Å². The number of nitrogens with zero attached hydrogens (tertiary/aromatic N) is 2. The Balaban J connectivity index is 1.75. The van der Waals surface area contributed by atoms with Gasteiger partial charge in [0.05, 0.1) is 16.7 Å². The van der Waals surface area contributed by atoms with Crippen LogP contribution in [0.5, 0.6) is 0 Å². The molecule has 0 saturated carbocycles.